The SMILES string of the molecule is CCNC(=NCCCC(=O)OC1CCCC1)N(C)CC1CCOC1.I. The average molecular weight is 467 g/mol. The first-order chi connectivity index (χ1) is 11.7. The van der Waals surface area contributed by atoms with Crippen LogP contribution in [0.25, 0.3) is 0 Å². The third kappa shape index (κ3) is 8.57. The van der Waals surface area contributed by atoms with Crippen LogP contribution in [-0.4, -0.2) is 62.8 Å². The molecule has 1 atom stereocenters. The molecule has 7 heteroatoms. The third-order valence-electron chi connectivity index (χ3n) is 4.65. The number of carbonyl (C=O) groups excluding carboxylic acids is 1. The van der Waals surface area contributed by atoms with E-state index in [1.165, 1.54) is 12.8 Å². The zero-order valence-corrected chi connectivity index (χ0v) is 18.0. The Morgan fingerprint density at radius 2 is 2.08 bits per heavy atom. The largest absolute Gasteiger partial charge is 0.462 e. The van der Waals surface area contributed by atoms with Crippen molar-refractivity contribution in [2.45, 2.75) is 58.0 Å². The first kappa shape index (κ1) is 22.5. The van der Waals surface area contributed by atoms with Crippen molar-refractivity contribution in [3.8, 4) is 0 Å². The molecule has 1 saturated heterocycles. The molecule has 2 aliphatic rings. The number of aliphatic imine (C=N–C) groups is 1. The first-order valence-corrected chi connectivity index (χ1v) is 9.45. The molecule has 0 aromatic rings. The number of ether oxygens (including phenoxy) is 2. The van der Waals surface area contributed by atoms with E-state index in [0.717, 1.165) is 57.9 Å². The summed E-state index contributed by atoms with van der Waals surface area (Å²) < 4.78 is 10.9. The van der Waals surface area contributed by atoms with Gasteiger partial charge in [0.25, 0.3) is 0 Å². The zero-order chi connectivity index (χ0) is 17.2. The number of carbonyl (C=O) groups is 1. The van der Waals surface area contributed by atoms with E-state index in [1.54, 1.807) is 0 Å². The second-order valence-electron chi connectivity index (χ2n) is 6.85. The summed E-state index contributed by atoms with van der Waals surface area (Å²) in [4.78, 5) is 18.6. The lowest BCUT2D eigenvalue weighted by Crippen LogP contribution is -2.41. The predicted molar refractivity (Wildman–Crippen MR) is 111 cm³/mol. The topological polar surface area (TPSA) is 63.2 Å². The van der Waals surface area contributed by atoms with Gasteiger partial charge in [0.1, 0.15) is 6.10 Å². The molecule has 2 fully saturated rings. The molecule has 0 amide bonds. The van der Waals surface area contributed by atoms with Gasteiger partial charge in [-0.1, -0.05) is 0 Å². The van der Waals surface area contributed by atoms with Gasteiger partial charge in [-0.15, -0.1) is 24.0 Å². The van der Waals surface area contributed by atoms with E-state index in [9.17, 15) is 4.79 Å². The van der Waals surface area contributed by atoms with Crippen molar-refractivity contribution in [1.29, 1.82) is 0 Å². The van der Waals surface area contributed by atoms with Crippen LogP contribution in [-0.2, 0) is 14.3 Å². The summed E-state index contributed by atoms with van der Waals surface area (Å²) in [6, 6.07) is 0. The number of guanidine groups is 1. The van der Waals surface area contributed by atoms with Crippen LogP contribution in [0.15, 0.2) is 4.99 Å². The summed E-state index contributed by atoms with van der Waals surface area (Å²) in [5.74, 6) is 1.42. The lowest BCUT2D eigenvalue weighted by atomic mass is 10.1. The van der Waals surface area contributed by atoms with Gasteiger partial charge in [0.15, 0.2) is 5.96 Å². The maximum atomic E-state index is 11.8. The van der Waals surface area contributed by atoms with Crippen molar-refractivity contribution in [2.24, 2.45) is 10.9 Å². The molecule has 0 radical (unpaired) electrons. The Morgan fingerprint density at radius 3 is 2.72 bits per heavy atom. The summed E-state index contributed by atoms with van der Waals surface area (Å²) in [5, 5.41) is 3.32. The van der Waals surface area contributed by atoms with Crippen LogP contribution in [0, 0.1) is 5.92 Å². The minimum Gasteiger partial charge on any atom is -0.462 e. The van der Waals surface area contributed by atoms with Crippen LogP contribution in [0.1, 0.15) is 51.9 Å². The van der Waals surface area contributed by atoms with Crippen molar-refractivity contribution >= 4 is 35.9 Å². The highest BCUT2D eigenvalue weighted by Crippen LogP contribution is 2.21. The number of halogens is 1. The highest BCUT2D eigenvalue weighted by atomic mass is 127. The Bertz CT molecular complexity index is 408. The van der Waals surface area contributed by atoms with Gasteiger partial charge < -0.3 is 19.7 Å². The van der Waals surface area contributed by atoms with Crippen LogP contribution in [0.2, 0.25) is 0 Å². The van der Waals surface area contributed by atoms with Gasteiger partial charge in [0.05, 0.1) is 6.61 Å². The fraction of sp³-hybridized carbons (Fsp3) is 0.889. The maximum Gasteiger partial charge on any atom is 0.306 e. The molecular formula is C18H34IN3O3. The normalized spacial score (nSPS) is 21.0. The molecule has 0 bridgehead atoms. The van der Waals surface area contributed by atoms with Gasteiger partial charge in [-0.25, -0.2) is 0 Å². The minimum absolute atomic E-state index is 0. The Balaban J connectivity index is 0.00000312. The van der Waals surface area contributed by atoms with E-state index in [2.05, 4.69) is 29.2 Å². The third-order valence-corrected chi connectivity index (χ3v) is 4.65. The lowest BCUT2D eigenvalue weighted by molar-refractivity contribution is -0.148. The van der Waals surface area contributed by atoms with E-state index < -0.39 is 0 Å². The van der Waals surface area contributed by atoms with Gasteiger partial charge in [-0.05, 0) is 45.4 Å². The fourth-order valence-electron chi connectivity index (χ4n) is 3.33. The molecule has 0 aromatic heterocycles. The highest BCUT2D eigenvalue weighted by molar-refractivity contribution is 14.0. The smallest absolute Gasteiger partial charge is 0.306 e. The van der Waals surface area contributed by atoms with Crippen molar-refractivity contribution < 1.29 is 14.3 Å². The van der Waals surface area contributed by atoms with Gasteiger partial charge in [0, 0.05) is 45.6 Å². The van der Waals surface area contributed by atoms with Crippen LogP contribution in [0.4, 0.5) is 0 Å². The van der Waals surface area contributed by atoms with Gasteiger partial charge in [0.2, 0.25) is 0 Å². The van der Waals surface area contributed by atoms with Crippen molar-refractivity contribution in [1.82, 2.24) is 10.2 Å². The summed E-state index contributed by atoms with van der Waals surface area (Å²) in [7, 11) is 2.06. The number of nitrogens with one attached hydrogen (secondary N) is 1. The Hall–Kier alpha value is -0.570. The number of hydrogen-bond donors (Lipinski definition) is 1. The first-order valence-electron chi connectivity index (χ1n) is 9.45. The second kappa shape index (κ2) is 12.7. The van der Waals surface area contributed by atoms with Gasteiger partial charge >= 0.3 is 5.97 Å². The molecule has 1 N–H and O–H groups in total. The summed E-state index contributed by atoms with van der Waals surface area (Å²) in [6.45, 7) is 6.23. The maximum absolute atomic E-state index is 11.8. The van der Waals surface area contributed by atoms with Crippen LogP contribution in [0.5, 0.6) is 0 Å². The highest BCUT2D eigenvalue weighted by Gasteiger charge is 2.20. The molecular weight excluding hydrogens is 433 g/mol. The number of hydrogen-bond acceptors (Lipinski definition) is 4. The standard InChI is InChI=1S/C18H33N3O3.HI/c1-3-19-18(21(2)13-15-10-12-23-14-15)20-11-6-9-17(22)24-16-7-4-5-8-16;/h15-16H,3-14H2,1-2H3,(H,19,20);1H. The number of rotatable bonds is 8. The fourth-order valence-corrected chi connectivity index (χ4v) is 3.33. The Labute approximate surface area is 169 Å². The monoisotopic (exact) mass is 467 g/mol. The summed E-state index contributed by atoms with van der Waals surface area (Å²) in [5.41, 5.74) is 0. The number of nitrogens with zero attached hydrogens (tertiary/aromatic N) is 2. The molecule has 1 unspecified atom stereocenters. The summed E-state index contributed by atoms with van der Waals surface area (Å²) in [6.07, 6.45) is 6.92. The molecule has 1 aliphatic carbocycles. The quantitative estimate of drug-likeness (QED) is 0.196. The predicted octanol–water partition coefficient (Wildman–Crippen LogP) is 2.80. The van der Waals surface area contributed by atoms with Gasteiger partial charge in [-0.3, -0.25) is 9.79 Å². The van der Waals surface area contributed by atoms with E-state index >= 15 is 0 Å². The Morgan fingerprint density at radius 1 is 1.32 bits per heavy atom. The molecule has 25 heavy (non-hydrogen) atoms. The van der Waals surface area contributed by atoms with Crippen molar-refractivity contribution in [2.75, 3.05) is 39.9 Å². The second-order valence-corrected chi connectivity index (χ2v) is 6.85. The molecule has 0 aromatic carbocycles. The van der Waals surface area contributed by atoms with Crippen molar-refractivity contribution in [3.63, 3.8) is 0 Å². The Kier molecular flexibility index (Phi) is 11.4. The average Bonchev–Trinajstić information content (AvgIpc) is 3.24. The number of esters is 1. The molecule has 1 heterocycles. The van der Waals surface area contributed by atoms with Crippen LogP contribution in [0.3, 0.4) is 0 Å². The summed E-state index contributed by atoms with van der Waals surface area (Å²) >= 11 is 0. The molecule has 146 valence electrons. The molecule has 2 rings (SSSR count). The van der Waals surface area contributed by atoms with Gasteiger partial charge in [-0.2, -0.15) is 0 Å². The van der Waals surface area contributed by atoms with Crippen LogP contribution >= 0.6 is 24.0 Å². The molecule has 1 aliphatic heterocycles. The van der Waals surface area contributed by atoms with E-state index in [1.807, 2.05) is 0 Å². The van der Waals surface area contributed by atoms with Crippen LogP contribution < -0.4 is 5.32 Å². The molecule has 1 saturated carbocycles. The zero-order valence-electron chi connectivity index (χ0n) is 15.7. The molecule has 0 spiro atoms. The van der Waals surface area contributed by atoms with Crippen molar-refractivity contribution in [3.05, 3.63) is 0 Å². The molecule has 6 nitrogen and oxygen atoms in total. The van der Waals surface area contributed by atoms with E-state index in [4.69, 9.17) is 9.47 Å². The minimum atomic E-state index is -0.0708. The van der Waals surface area contributed by atoms with E-state index in [-0.39, 0.29) is 36.0 Å². The van der Waals surface area contributed by atoms with E-state index in [0.29, 0.717) is 18.9 Å². The lowest BCUT2D eigenvalue weighted by Gasteiger charge is -2.24.